The third-order valence-corrected chi connectivity index (χ3v) is 3.23. The van der Waals surface area contributed by atoms with E-state index >= 15 is 0 Å². The molecular weight excluding hydrogens is 222 g/mol. The second kappa shape index (κ2) is 6.05. The smallest absolute Gasteiger partial charge is 0.134 e. The molecule has 0 unspecified atom stereocenters. The molecule has 1 heterocycles. The molecule has 0 bridgehead atoms. The zero-order valence-electron chi connectivity index (χ0n) is 11.6. The number of para-hydroxylation sites is 1. The van der Waals surface area contributed by atoms with E-state index in [0.717, 1.165) is 24.3 Å². The number of nitrogens with one attached hydrogen (secondary N) is 1. The summed E-state index contributed by atoms with van der Waals surface area (Å²) in [6.07, 6.45) is 3.43. The summed E-state index contributed by atoms with van der Waals surface area (Å²) < 4.78 is 5.99. The van der Waals surface area contributed by atoms with Gasteiger partial charge >= 0.3 is 0 Å². The summed E-state index contributed by atoms with van der Waals surface area (Å²) in [6, 6.07) is 8.84. The Labute approximate surface area is 109 Å². The van der Waals surface area contributed by atoms with Gasteiger partial charge in [0.05, 0.1) is 0 Å². The molecule has 0 atom stereocenters. The monoisotopic (exact) mass is 245 g/mol. The molecule has 0 aliphatic rings. The van der Waals surface area contributed by atoms with Gasteiger partial charge in [-0.15, -0.1) is 0 Å². The second-order valence-corrected chi connectivity index (χ2v) is 5.14. The molecule has 1 aromatic carbocycles. The first-order valence-corrected chi connectivity index (χ1v) is 6.95. The molecule has 0 saturated heterocycles. The minimum Gasteiger partial charge on any atom is -0.461 e. The fraction of sp³-hybridized carbons (Fsp3) is 0.500. The molecule has 0 radical (unpaired) electrons. The van der Waals surface area contributed by atoms with Crippen LogP contribution in [0.15, 0.2) is 28.7 Å². The zero-order chi connectivity index (χ0) is 13.0. The van der Waals surface area contributed by atoms with Gasteiger partial charge in [-0.1, -0.05) is 45.4 Å². The van der Waals surface area contributed by atoms with Crippen molar-refractivity contribution < 1.29 is 4.42 Å². The van der Waals surface area contributed by atoms with Crippen LogP contribution < -0.4 is 5.32 Å². The minimum atomic E-state index is 0.498. The highest BCUT2D eigenvalue weighted by Gasteiger charge is 2.13. The fourth-order valence-corrected chi connectivity index (χ4v) is 2.19. The van der Waals surface area contributed by atoms with Gasteiger partial charge in [-0.25, -0.2) is 0 Å². The van der Waals surface area contributed by atoms with Crippen molar-refractivity contribution in [1.82, 2.24) is 5.32 Å². The van der Waals surface area contributed by atoms with Crippen molar-refractivity contribution in [1.29, 1.82) is 0 Å². The van der Waals surface area contributed by atoms with Gasteiger partial charge < -0.3 is 9.73 Å². The largest absolute Gasteiger partial charge is 0.461 e. The summed E-state index contributed by atoms with van der Waals surface area (Å²) in [7, 11) is 0. The Kier molecular flexibility index (Phi) is 4.43. The second-order valence-electron chi connectivity index (χ2n) is 5.14. The van der Waals surface area contributed by atoms with E-state index in [-0.39, 0.29) is 0 Å². The molecule has 18 heavy (non-hydrogen) atoms. The van der Waals surface area contributed by atoms with Gasteiger partial charge in [0.2, 0.25) is 0 Å². The van der Waals surface area contributed by atoms with Crippen molar-refractivity contribution in [2.24, 2.45) is 0 Å². The molecule has 98 valence electrons. The maximum Gasteiger partial charge on any atom is 0.134 e. The summed E-state index contributed by atoms with van der Waals surface area (Å²) in [4.78, 5) is 0. The first-order valence-electron chi connectivity index (χ1n) is 6.95. The van der Waals surface area contributed by atoms with Crippen molar-refractivity contribution in [3.05, 3.63) is 35.6 Å². The third-order valence-electron chi connectivity index (χ3n) is 3.23. The summed E-state index contributed by atoms with van der Waals surface area (Å²) in [6.45, 7) is 7.46. The average molecular weight is 245 g/mol. The average Bonchev–Trinajstić information content (AvgIpc) is 2.71. The zero-order valence-corrected chi connectivity index (χ0v) is 11.6. The third kappa shape index (κ3) is 2.94. The normalized spacial score (nSPS) is 11.6. The fourth-order valence-electron chi connectivity index (χ4n) is 2.19. The number of aryl methyl sites for hydroxylation is 1. The Bertz CT molecular complexity index is 499. The van der Waals surface area contributed by atoms with Gasteiger partial charge in [-0.2, -0.15) is 0 Å². The highest BCUT2D eigenvalue weighted by Crippen LogP contribution is 2.27. The topological polar surface area (TPSA) is 25.2 Å². The molecule has 0 amide bonds. The number of unbranched alkanes of at least 4 members (excludes halogenated alkanes) is 1. The van der Waals surface area contributed by atoms with Crippen LogP contribution in [0.2, 0.25) is 0 Å². The van der Waals surface area contributed by atoms with Crippen LogP contribution >= 0.6 is 0 Å². The van der Waals surface area contributed by atoms with Crippen molar-refractivity contribution >= 4 is 11.0 Å². The highest BCUT2D eigenvalue weighted by molar-refractivity contribution is 5.82. The highest BCUT2D eigenvalue weighted by atomic mass is 16.3. The van der Waals surface area contributed by atoms with E-state index in [1.165, 1.54) is 23.8 Å². The van der Waals surface area contributed by atoms with Crippen molar-refractivity contribution in [2.75, 3.05) is 0 Å². The number of furan rings is 1. The van der Waals surface area contributed by atoms with E-state index in [9.17, 15) is 0 Å². The van der Waals surface area contributed by atoms with E-state index in [4.69, 9.17) is 4.42 Å². The summed E-state index contributed by atoms with van der Waals surface area (Å²) in [5.74, 6) is 1.16. The van der Waals surface area contributed by atoms with Gasteiger partial charge in [0.1, 0.15) is 11.3 Å². The van der Waals surface area contributed by atoms with Crippen LogP contribution in [-0.4, -0.2) is 6.04 Å². The molecule has 0 fully saturated rings. The lowest BCUT2D eigenvalue weighted by Crippen LogP contribution is -2.22. The van der Waals surface area contributed by atoms with Crippen molar-refractivity contribution in [3.63, 3.8) is 0 Å². The van der Waals surface area contributed by atoms with Gasteiger partial charge in [-0.05, 0) is 12.5 Å². The van der Waals surface area contributed by atoms with Crippen molar-refractivity contribution in [2.45, 2.75) is 52.6 Å². The summed E-state index contributed by atoms with van der Waals surface area (Å²) >= 11 is 0. The van der Waals surface area contributed by atoms with Gasteiger partial charge in [0.15, 0.2) is 0 Å². The molecule has 1 aromatic heterocycles. The van der Waals surface area contributed by atoms with E-state index in [2.05, 4.69) is 44.3 Å². The van der Waals surface area contributed by atoms with Crippen LogP contribution in [0.5, 0.6) is 0 Å². The van der Waals surface area contributed by atoms with E-state index < -0.39 is 0 Å². The maximum atomic E-state index is 5.99. The van der Waals surface area contributed by atoms with Crippen LogP contribution in [0.3, 0.4) is 0 Å². The van der Waals surface area contributed by atoms with Gasteiger partial charge in [-0.3, -0.25) is 0 Å². The summed E-state index contributed by atoms with van der Waals surface area (Å²) in [5.41, 5.74) is 2.36. The molecule has 2 aromatic rings. The number of fused-ring (bicyclic) bond motifs is 1. The van der Waals surface area contributed by atoms with E-state index in [1.54, 1.807) is 0 Å². The molecule has 2 rings (SSSR count). The quantitative estimate of drug-likeness (QED) is 0.822. The van der Waals surface area contributed by atoms with Gasteiger partial charge in [0.25, 0.3) is 0 Å². The molecular formula is C16H23NO. The number of hydrogen-bond donors (Lipinski definition) is 1. The lowest BCUT2D eigenvalue weighted by atomic mass is 10.1. The van der Waals surface area contributed by atoms with Crippen LogP contribution in [0.25, 0.3) is 11.0 Å². The van der Waals surface area contributed by atoms with Crippen LogP contribution in [-0.2, 0) is 13.0 Å². The van der Waals surface area contributed by atoms with Crippen LogP contribution in [0.1, 0.15) is 44.9 Å². The predicted octanol–water partition coefficient (Wildman–Crippen LogP) is 4.27. The molecule has 2 nitrogen and oxygen atoms in total. The standard InChI is InChI=1S/C16H23NO/c1-4-5-9-16-14(11-17-12(2)3)13-8-6-7-10-15(13)18-16/h6-8,10,12,17H,4-5,9,11H2,1-3H3. The molecule has 1 N–H and O–H groups in total. The van der Waals surface area contributed by atoms with E-state index in [1.807, 2.05) is 6.07 Å². The Morgan fingerprint density at radius 1 is 1.22 bits per heavy atom. The lowest BCUT2D eigenvalue weighted by Gasteiger charge is -2.08. The van der Waals surface area contributed by atoms with Crippen LogP contribution in [0, 0.1) is 0 Å². The first kappa shape index (κ1) is 13.2. The molecule has 0 spiro atoms. The minimum absolute atomic E-state index is 0.498. The maximum absolute atomic E-state index is 5.99. The Morgan fingerprint density at radius 2 is 2.00 bits per heavy atom. The SMILES string of the molecule is CCCCc1oc2ccccc2c1CNC(C)C. The molecule has 0 aliphatic heterocycles. The first-order chi connectivity index (χ1) is 8.72. The Hall–Kier alpha value is -1.28. The molecule has 2 heteroatoms. The lowest BCUT2D eigenvalue weighted by molar-refractivity contribution is 0.517. The summed E-state index contributed by atoms with van der Waals surface area (Å²) in [5, 5.41) is 4.76. The number of benzene rings is 1. The van der Waals surface area contributed by atoms with E-state index in [0.29, 0.717) is 6.04 Å². The van der Waals surface area contributed by atoms with Gasteiger partial charge in [0, 0.05) is 30.0 Å². The number of hydrogen-bond acceptors (Lipinski definition) is 2. The number of rotatable bonds is 6. The predicted molar refractivity (Wildman–Crippen MR) is 76.8 cm³/mol. The molecule has 0 saturated carbocycles. The molecule has 0 aliphatic carbocycles. The van der Waals surface area contributed by atoms with Crippen molar-refractivity contribution in [3.8, 4) is 0 Å². The Balaban J connectivity index is 2.31. The van der Waals surface area contributed by atoms with Crippen LogP contribution in [0.4, 0.5) is 0 Å². The Morgan fingerprint density at radius 3 is 2.72 bits per heavy atom.